The number of benzene rings is 1. The number of fused-ring (bicyclic) bond motifs is 3. The summed E-state index contributed by atoms with van der Waals surface area (Å²) in [6, 6.07) is 6.36. The van der Waals surface area contributed by atoms with E-state index in [-0.39, 0.29) is 11.9 Å². The van der Waals surface area contributed by atoms with Gasteiger partial charge >= 0.3 is 0 Å². The number of hydrogen-bond donors (Lipinski definition) is 1. The molecule has 1 atom stereocenters. The van der Waals surface area contributed by atoms with Crippen molar-refractivity contribution in [3.05, 3.63) is 41.1 Å². The van der Waals surface area contributed by atoms with Gasteiger partial charge < -0.3 is 15.0 Å². The lowest BCUT2D eigenvalue weighted by atomic mass is 9.87. The number of carbonyl (C=O) groups excluding carboxylic acids is 1. The molecule has 0 radical (unpaired) electrons. The first kappa shape index (κ1) is 15.4. The number of halogens is 1. The second-order valence-corrected chi connectivity index (χ2v) is 6.50. The van der Waals surface area contributed by atoms with E-state index in [2.05, 4.69) is 33.4 Å². The zero-order valence-corrected chi connectivity index (χ0v) is 14.4. The van der Waals surface area contributed by atoms with Gasteiger partial charge in [0.15, 0.2) is 0 Å². The van der Waals surface area contributed by atoms with Gasteiger partial charge in [-0.3, -0.25) is 4.79 Å². The Bertz CT molecular complexity index is 600. The van der Waals surface area contributed by atoms with Gasteiger partial charge in [-0.05, 0) is 36.1 Å². The first-order valence-corrected chi connectivity index (χ1v) is 8.83. The molecule has 2 aliphatic heterocycles. The maximum atomic E-state index is 12.4. The molecule has 1 aromatic rings. The monoisotopic (exact) mass is 364 g/mol. The van der Waals surface area contributed by atoms with Gasteiger partial charge in [0.2, 0.25) is 5.91 Å². The summed E-state index contributed by atoms with van der Waals surface area (Å²) in [5.41, 5.74) is 3.61. The number of nitrogens with one attached hydrogen (secondary N) is 1. The van der Waals surface area contributed by atoms with Crippen LogP contribution in [-0.2, 0) is 11.2 Å². The van der Waals surface area contributed by atoms with Crippen LogP contribution in [0, 0.1) is 0 Å². The van der Waals surface area contributed by atoms with Crippen LogP contribution in [0.3, 0.4) is 0 Å². The van der Waals surface area contributed by atoms with Crippen LogP contribution in [0.4, 0.5) is 0 Å². The molecule has 1 N–H and O–H groups in total. The Balaban J connectivity index is 1.82. The molecule has 0 saturated carbocycles. The summed E-state index contributed by atoms with van der Waals surface area (Å²) >= 11 is 3.43. The molecule has 2 aliphatic rings. The van der Waals surface area contributed by atoms with Crippen molar-refractivity contribution in [3.8, 4) is 5.75 Å². The summed E-state index contributed by atoms with van der Waals surface area (Å²) in [6.07, 6.45) is 4.58. The SMILES string of the molecule is COc1ccc2c(c1)CCN1C(=O)C=C(NCCCBr)CC21. The molecule has 1 unspecified atom stereocenters. The van der Waals surface area contributed by atoms with E-state index < -0.39 is 0 Å². The van der Waals surface area contributed by atoms with Crippen molar-refractivity contribution in [3.63, 3.8) is 0 Å². The highest BCUT2D eigenvalue weighted by Gasteiger charge is 2.34. The Morgan fingerprint density at radius 1 is 1.45 bits per heavy atom. The molecule has 0 spiro atoms. The molecule has 0 saturated heterocycles. The number of carbonyl (C=O) groups is 1. The zero-order valence-electron chi connectivity index (χ0n) is 12.8. The van der Waals surface area contributed by atoms with Crippen molar-refractivity contribution >= 4 is 21.8 Å². The van der Waals surface area contributed by atoms with E-state index in [1.54, 1.807) is 13.2 Å². The van der Waals surface area contributed by atoms with Gasteiger partial charge in [0.05, 0.1) is 13.2 Å². The van der Waals surface area contributed by atoms with Crippen LogP contribution >= 0.6 is 15.9 Å². The summed E-state index contributed by atoms with van der Waals surface area (Å²) in [7, 11) is 1.69. The first-order chi connectivity index (χ1) is 10.7. The number of alkyl halides is 1. The summed E-state index contributed by atoms with van der Waals surface area (Å²) < 4.78 is 5.32. The molecule has 2 heterocycles. The van der Waals surface area contributed by atoms with Crippen LogP contribution < -0.4 is 10.1 Å². The van der Waals surface area contributed by atoms with E-state index in [9.17, 15) is 4.79 Å². The number of ether oxygens (including phenoxy) is 1. The summed E-state index contributed by atoms with van der Waals surface area (Å²) in [5.74, 6) is 1.01. The minimum Gasteiger partial charge on any atom is -0.497 e. The van der Waals surface area contributed by atoms with Crippen LogP contribution in [0.15, 0.2) is 30.0 Å². The average molecular weight is 365 g/mol. The van der Waals surface area contributed by atoms with Gasteiger partial charge in [-0.1, -0.05) is 22.0 Å². The normalized spacial score (nSPS) is 20.1. The van der Waals surface area contributed by atoms with E-state index in [0.29, 0.717) is 0 Å². The molecule has 22 heavy (non-hydrogen) atoms. The van der Waals surface area contributed by atoms with Crippen LogP contribution in [0.25, 0.3) is 0 Å². The maximum Gasteiger partial charge on any atom is 0.248 e. The second-order valence-electron chi connectivity index (χ2n) is 5.71. The molecule has 5 heteroatoms. The number of nitrogens with zero attached hydrogens (tertiary/aromatic N) is 1. The van der Waals surface area contributed by atoms with Crippen molar-refractivity contribution in [1.29, 1.82) is 0 Å². The highest BCUT2D eigenvalue weighted by Crippen LogP contribution is 2.37. The van der Waals surface area contributed by atoms with Crippen molar-refractivity contribution in [2.24, 2.45) is 0 Å². The minimum absolute atomic E-state index is 0.124. The molecule has 0 aromatic heterocycles. The molecule has 3 rings (SSSR count). The Morgan fingerprint density at radius 2 is 2.32 bits per heavy atom. The molecule has 4 nitrogen and oxygen atoms in total. The fraction of sp³-hybridized carbons (Fsp3) is 0.471. The smallest absolute Gasteiger partial charge is 0.248 e. The molecule has 118 valence electrons. The number of amides is 1. The summed E-state index contributed by atoms with van der Waals surface area (Å²) in [4.78, 5) is 14.4. The quantitative estimate of drug-likeness (QED) is 0.645. The van der Waals surface area contributed by atoms with E-state index >= 15 is 0 Å². The van der Waals surface area contributed by atoms with E-state index in [0.717, 1.165) is 49.1 Å². The number of hydrogen-bond acceptors (Lipinski definition) is 3. The average Bonchev–Trinajstić information content (AvgIpc) is 2.54. The lowest BCUT2D eigenvalue weighted by Gasteiger charge is -2.40. The number of methoxy groups -OCH3 is 1. The fourth-order valence-electron chi connectivity index (χ4n) is 3.24. The molecule has 0 fully saturated rings. The molecule has 1 amide bonds. The number of rotatable bonds is 5. The predicted octanol–water partition coefficient (Wildman–Crippen LogP) is 2.78. The van der Waals surface area contributed by atoms with Gasteiger partial charge in [0, 0.05) is 36.6 Å². The fourth-order valence-corrected chi connectivity index (χ4v) is 3.52. The van der Waals surface area contributed by atoms with Crippen LogP contribution in [-0.4, -0.2) is 36.3 Å². The Labute approximate surface area is 139 Å². The first-order valence-electron chi connectivity index (χ1n) is 7.70. The Hall–Kier alpha value is -1.49. The summed E-state index contributed by atoms with van der Waals surface area (Å²) in [5, 5.41) is 4.37. The van der Waals surface area contributed by atoms with Gasteiger partial charge in [0.1, 0.15) is 5.75 Å². The van der Waals surface area contributed by atoms with E-state index in [4.69, 9.17) is 4.74 Å². The topological polar surface area (TPSA) is 41.6 Å². The molecular formula is C17H21BrN2O2. The van der Waals surface area contributed by atoms with Crippen LogP contribution in [0.2, 0.25) is 0 Å². The Morgan fingerprint density at radius 3 is 3.09 bits per heavy atom. The van der Waals surface area contributed by atoms with Gasteiger partial charge in [-0.15, -0.1) is 0 Å². The molecule has 0 aliphatic carbocycles. The van der Waals surface area contributed by atoms with Gasteiger partial charge in [0.25, 0.3) is 0 Å². The van der Waals surface area contributed by atoms with Crippen molar-refractivity contribution in [1.82, 2.24) is 10.2 Å². The highest BCUT2D eigenvalue weighted by atomic mass is 79.9. The molecule has 1 aromatic carbocycles. The van der Waals surface area contributed by atoms with Crippen molar-refractivity contribution in [2.75, 3.05) is 25.5 Å². The van der Waals surface area contributed by atoms with Gasteiger partial charge in [-0.2, -0.15) is 0 Å². The zero-order chi connectivity index (χ0) is 15.5. The van der Waals surface area contributed by atoms with Crippen molar-refractivity contribution in [2.45, 2.75) is 25.3 Å². The third-order valence-electron chi connectivity index (χ3n) is 4.36. The molecular weight excluding hydrogens is 344 g/mol. The minimum atomic E-state index is 0.124. The van der Waals surface area contributed by atoms with Gasteiger partial charge in [-0.25, -0.2) is 0 Å². The maximum absolute atomic E-state index is 12.4. The van der Waals surface area contributed by atoms with E-state index in [1.165, 1.54) is 11.1 Å². The Kier molecular flexibility index (Phi) is 4.71. The lowest BCUT2D eigenvalue weighted by molar-refractivity contribution is -0.129. The van der Waals surface area contributed by atoms with Crippen LogP contribution in [0.1, 0.15) is 30.0 Å². The van der Waals surface area contributed by atoms with Crippen molar-refractivity contribution < 1.29 is 9.53 Å². The lowest BCUT2D eigenvalue weighted by Crippen LogP contribution is -2.43. The third-order valence-corrected chi connectivity index (χ3v) is 4.92. The van der Waals surface area contributed by atoms with E-state index in [1.807, 2.05) is 11.0 Å². The standard InChI is InChI=1S/C17H21BrN2O2/c1-22-14-3-4-15-12(9-14)5-8-20-16(15)10-13(11-17(20)21)19-7-2-6-18/h3-4,9,11,16,19H,2,5-8,10H2,1H3. The third kappa shape index (κ3) is 3.00. The van der Waals surface area contributed by atoms with Crippen LogP contribution in [0.5, 0.6) is 5.75 Å². The largest absolute Gasteiger partial charge is 0.497 e. The second kappa shape index (κ2) is 6.73. The predicted molar refractivity (Wildman–Crippen MR) is 90.3 cm³/mol. The highest BCUT2D eigenvalue weighted by molar-refractivity contribution is 9.09. The molecule has 0 bridgehead atoms. The summed E-state index contributed by atoms with van der Waals surface area (Å²) in [6.45, 7) is 1.68.